The van der Waals surface area contributed by atoms with Crippen LogP contribution in [0.3, 0.4) is 0 Å². The summed E-state index contributed by atoms with van der Waals surface area (Å²) in [6.45, 7) is 3.72. The van der Waals surface area contributed by atoms with Gasteiger partial charge in [0.15, 0.2) is 6.61 Å². The highest BCUT2D eigenvalue weighted by molar-refractivity contribution is 5.93. The number of hydrogen-bond donors (Lipinski definition) is 2. The van der Waals surface area contributed by atoms with Gasteiger partial charge in [-0.15, -0.1) is 0 Å². The number of amides is 2. The van der Waals surface area contributed by atoms with Crippen molar-refractivity contribution in [2.75, 3.05) is 13.7 Å². The molecule has 0 fully saturated rings. The summed E-state index contributed by atoms with van der Waals surface area (Å²) < 4.78 is 10.5. The van der Waals surface area contributed by atoms with E-state index in [4.69, 9.17) is 9.47 Å². The predicted octanol–water partition coefficient (Wildman–Crippen LogP) is 2.55. The third-order valence-electron chi connectivity index (χ3n) is 3.43. The summed E-state index contributed by atoms with van der Waals surface area (Å²) in [7, 11) is 1.59. The largest absolute Gasteiger partial charge is 0.497 e. The molecule has 0 aliphatic carbocycles. The Hall–Kier alpha value is -3.28. The van der Waals surface area contributed by atoms with Gasteiger partial charge in [0, 0.05) is 6.08 Å². The summed E-state index contributed by atoms with van der Waals surface area (Å²) in [5.41, 5.74) is 7.55. The molecule has 2 N–H and O–H groups in total. The van der Waals surface area contributed by atoms with Crippen molar-refractivity contribution in [2.24, 2.45) is 0 Å². The van der Waals surface area contributed by atoms with Gasteiger partial charge < -0.3 is 9.47 Å². The third-order valence-corrected chi connectivity index (χ3v) is 3.43. The molecule has 2 aromatic rings. The Labute approximate surface area is 152 Å². The topological polar surface area (TPSA) is 76.7 Å². The van der Waals surface area contributed by atoms with Crippen molar-refractivity contribution < 1.29 is 19.1 Å². The molecule has 6 nitrogen and oxygen atoms in total. The molecule has 0 saturated heterocycles. The van der Waals surface area contributed by atoms with Gasteiger partial charge in [0.1, 0.15) is 11.5 Å². The van der Waals surface area contributed by atoms with E-state index in [2.05, 4.69) is 10.9 Å². The van der Waals surface area contributed by atoms with Crippen molar-refractivity contribution >= 4 is 17.9 Å². The summed E-state index contributed by atoms with van der Waals surface area (Å²) in [6, 6.07) is 12.9. The maximum Gasteiger partial charge on any atom is 0.276 e. The first-order valence-electron chi connectivity index (χ1n) is 8.08. The SMILES string of the molecule is COc1ccc(C=CC(=O)NNC(=O)COc2cc(C)cc(C)c2)cc1. The zero-order valence-electron chi connectivity index (χ0n) is 15.0. The minimum atomic E-state index is -0.449. The standard InChI is InChI=1S/C20H22N2O4/c1-14-10-15(2)12-18(11-14)26-13-20(24)22-21-19(23)9-6-16-4-7-17(25-3)8-5-16/h4-12H,13H2,1-3H3,(H,21,23)(H,22,24). The maximum absolute atomic E-state index is 11.7. The molecule has 6 heteroatoms. The van der Waals surface area contributed by atoms with Gasteiger partial charge in [-0.2, -0.15) is 0 Å². The van der Waals surface area contributed by atoms with E-state index in [1.54, 1.807) is 25.3 Å². The minimum Gasteiger partial charge on any atom is -0.497 e. The number of nitrogens with one attached hydrogen (secondary N) is 2. The molecular weight excluding hydrogens is 332 g/mol. The Kier molecular flexibility index (Phi) is 6.79. The maximum atomic E-state index is 11.7. The van der Waals surface area contributed by atoms with Crippen molar-refractivity contribution in [3.05, 3.63) is 65.2 Å². The first-order valence-corrected chi connectivity index (χ1v) is 8.08. The first-order chi connectivity index (χ1) is 12.5. The van der Waals surface area contributed by atoms with Crippen molar-refractivity contribution in [3.63, 3.8) is 0 Å². The fraction of sp³-hybridized carbons (Fsp3) is 0.200. The Morgan fingerprint density at radius 2 is 1.62 bits per heavy atom. The summed E-state index contributed by atoms with van der Waals surface area (Å²) in [5.74, 6) is 0.460. The van der Waals surface area contributed by atoms with Crippen molar-refractivity contribution in [2.45, 2.75) is 13.8 Å². The van der Waals surface area contributed by atoms with Crippen LogP contribution in [0.15, 0.2) is 48.5 Å². The average Bonchev–Trinajstić information content (AvgIpc) is 2.62. The van der Waals surface area contributed by atoms with E-state index in [0.29, 0.717) is 5.75 Å². The van der Waals surface area contributed by atoms with E-state index in [0.717, 1.165) is 22.4 Å². The highest BCUT2D eigenvalue weighted by Gasteiger charge is 2.04. The molecule has 0 aliphatic heterocycles. The lowest BCUT2D eigenvalue weighted by atomic mass is 10.1. The highest BCUT2D eigenvalue weighted by Crippen LogP contribution is 2.16. The zero-order valence-corrected chi connectivity index (χ0v) is 15.0. The molecule has 26 heavy (non-hydrogen) atoms. The second kappa shape index (κ2) is 9.27. The number of methoxy groups -OCH3 is 1. The van der Waals surface area contributed by atoms with E-state index in [9.17, 15) is 9.59 Å². The fourth-order valence-corrected chi connectivity index (χ4v) is 2.26. The van der Waals surface area contributed by atoms with Gasteiger partial charge >= 0.3 is 0 Å². The lowest BCUT2D eigenvalue weighted by Crippen LogP contribution is -2.43. The Bertz CT molecular complexity index is 778. The van der Waals surface area contributed by atoms with Crippen molar-refractivity contribution in [1.82, 2.24) is 10.9 Å². The number of carbonyl (C=O) groups excluding carboxylic acids is 2. The molecule has 2 amide bonds. The molecule has 2 rings (SSSR count). The molecule has 0 heterocycles. The number of hydrogen-bond acceptors (Lipinski definition) is 4. The summed E-state index contributed by atoms with van der Waals surface area (Å²) >= 11 is 0. The molecule has 0 radical (unpaired) electrons. The van der Waals surface area contributed by atoms with Crippen LogP contribution in [0.25, 0.3) is 6.08 Å². The van der Waals surface area contributed by atoms with Gasteiger partial charge in [0.2, 0.25) is 0 Å². The second-order valence-corrected chi connectivity index (χ2v) is 5.76. The van der Waals surface area contributed by atoms with Crippen LogP contribution in [0.1, 0.15) is 16.7 Å². The molecule has 0 bridgehead atoms. The van der Waals surface area contributed by atoms with Crippen LogP contribution in [0, 0.1) is 13.8 Å². The normalized spacial score (nSPS) is 10.4. The lowest BCUT2D eigenvalue weighted by Gasteiger charge is -2.09. The van der Waals surface area contributed by atoms with Crippen molar-refractivity contribution in [1.29, 1.82) is 0 Å². The van der Waals surface area contributed by atoms with Crippen molar-refractivity contribution in [3.8, 4) is 11.5 Å². The van der Waals surface area contributed by atoms with Gasteiger partial charge in [0.05, 0.1) is 7.11 Å². The number of rotatable bonds is 6. The van der Waals surface area contributed by atoms with Gasteiger partial charge in [0.25, 0.3) is 11.8 Å². The van der Waals surface area contributed by atoms with Gasteiger partial charge in [-0.25, -0.2) is 0 Å². The Morgan fingerprint density at radius 3 is 2.23 bits per heavy atom. The van der Waals surface area contributed by atoms with Gasteiger partial charge in [-0.05, 0) is 60.9 Å². The quantitative estimate of drug-likeness (QED) is 0.617. The molecule has 0 aromatic heterocycles. The van der Waals surface area contributed by atoms with E-state index in [1.807, 2.05) is 44.2 Å². The van der Waals surface area contributed by atoms with Crippen LogP contribution in [-0.2, 0) is 9.59 Å². The zero-order chi connectivity index (χ0) is 18.9. The molecular formula is C20H22N2O4. The van der Waals surface area contributed by atoms with Crippen LogP contribution < -0.4 is 20.3 Å². The smallest absolute Gasteiger partial charge is 0.276 e. The number of ether oxygens (including phenoxy) is 2. The third kappa shape index (κ3) is 6.32. The first kappa shape index (κ1) is 19.1. The second-order valence-electron chi connectivity index (χ2n) is 5.76. The predicted molar refractivity (Wildman–Crippen MR) is 99.7 cm³/mol. The van der Waals surface area contributed by atoms with Crippen LogP contribution >= 0.6 is 0 Å². The van der Waals surface area contributed by atoms with Crippen LogP contribution in [0.2, 0.25) is 0 Å². The average molecular weight is 354 g/mol. The summed E-state index contributed by atoms with van der Waals surface area (Å²) in [5, 5.41) is 0. The van der Waals surface area contributed by atoms with Crippen LogP contribution in [0.4, 0.5) is 0 Å². The molecule has 136 valence electrons. The molecule has 0 atom stereocenters. The summed E-state index contributed by atoms with van der Waals surface area (Å²) in [4.78, 5) is 23.5. The number of aryl methyl sites for hydroxylation is 2. The Morgan fingerprint density at radius 1 is 0.962 bits per heavy atom. The number of benzene rings is 2. The van der Waals surface area contributed by atoms with Gasteiger partial charge in [-0.1, -0.05) is 18.2 Å². The van der Waals surface area contributed by atoms with Gasteiger partial charge in [-0.3, -0.25) is 20.4 Å². The molecule has 0 saturated carbocycles. The molecule has 0 spiro atoms. The molecule has 2 aromatic carbocycles. The lowest BCUT2D eigenvalue weighted by molar-refractivity contribution is -0.128. The fourth-order valence-electron chi connectivity index (χ4n) is 2.26. The van der Waals surface area contributed by atoms with Crippen LogP contribution in [0.5, 0.6) is 11.5 Å². The van der Waals surface area contributed by atoms with E-state index < -0.39 is 11.8 Å². The number of carbonyl (C=O) groups is 2. The monoisotopic (exact) mass is 354 g/mol. The number of hydrazine groups is 1. The van der Waals surface area contributed by atoms with Crippen LogP contribution in [-0.4, -0.2) is 25.5 Å². The minimum absolute atomic E-state index is 0.189. The van der Waals surface area contributed by atoms with E-state index in [-0.39, 0.29) is 6.61 Å². The van der Waals surface area contributed by atoms with E-state index in [1.165, 1.54) is 6.08 Å². The molecule has 0 aliphatic rings. The Balaban J connectivity index is 1.75. The van der Waals surface area contributed by atoms with E-state index >= 15 is 0 Å². The molecule has 0 unspecified atom stereocenters. The summed E-state index contributed by atoms with van der Waals surface area (Å²) in [6.07, 6.45) is 2.96. The highest BCUT2D eigenvalue weighted by atomic mass is 16.5.